The fourth-order valence-electron chi connectivity index (χ4n) is 7.24. The lowest BCUT2D eigenvalue weighted by atomic mass is 10.0. The molecule has 3 heterocycles. The van der Waals surface area contributed by atoms with Crippen LogP contribution in [0.5, 0.6) is 11.5 Å². The van der Waals surface area contributed by atoms with Crippen LogP contribution in [-0.4, -0.2) is 78.6 Å². The lowest BCUT2D eigenvalue weighted by Crippen LogP contribution is -2.51. The Hall–Kier alpha value is -4.03. The van der Waals surface area contributed by atoms with Gasteiger partial charge in [0.2, 0.25) is 5.91 Å². The molecule has 2 aliphatic heterocycles. The number of piperazine rings is 1. The van der Waals surface area contributed by atoms with E-state index in [9.17, 15) is 18.8 Å². The van der Waals surface area contributed by atoms with Crippen molar-refractivity contribution in [2.75, 3.05) is 32.7 Å². The minimum absolute atomic E-state index is 0.133. The Balaban J connectivity index is 1.60. The number of rotatable bonds is 10. The molecule has 3 amide bonds. The van der Waals surface area contributed by atoms with E-state index >= 15 is 0 Å². The summed E-state index contributed by atoms with van der Waals surface area (Å²) in [5, 5.41) is 0.590. The number of primary amides is 1. The highest BCUT2D eigenvalue weighted by Gasteiger charge is 2.49. The van der Waals surface area contributed by atoms with E-state index in [-0.39, 0.29) is 53.7 Å². The highest BCUT2D eigenvalue weighted by Crippen LogP contribution is 2.49. The average molecular weight is 650 g/mol. The van der Waals surface area contributed by atoms with Gasteiger partial charge in [0.25, 0.3) is 14.2 Å². The molecule has 1 aromatic heterocycles. The van der Waals surface area contributed by atoms with Crippen molar-refractivity contribution in [2.45, 2.75) is 71.3 Å². The van der Waals surface area contributed by atoms with Crippen molar-refractivity contribution in [3.05, 3.63) is 65.1 Å². The molecule has 2 aliphatic rings. The maximum atomic E-state index is 14.4. The van der Waals surface area contributed by atoms with E-state index in [1.54, 1.807) is 34.2 Å². The minimum atomic E-state index is -2.56. The van der Waals surface area contributed by atoms with Crippen LogP contribution in [0, 0.1) is 5.82 Å². The SMILES string of the molecule is CC(C)[Si](Oc1c2c(c(OC(=O)N3CCN(CC(N)=O)CC3)c3cccnc13)CN(Cc1ccc(F)cc1)C2=O)(C(C)C)C(C)C. The Morgan fingerprint density at radius 2 is 1.59 bits per heavy atom. The zero-order valence-corrected chi connectivity index (χ0v) is 28.5. The van der Waals surface area contributed by atoms with Gasteiger partial charge in [-0.1, -0.05) is 53.7 Å². The Kier molecular flexibility index (Phi) is 9.69. The average Bonchev–Trinajstić information content (AvgIpc) is 3.32. The summed E-state index contributed by atoms with van der Waals surface area (Å²) < 4.78 is 27.1. The van der Waals surface area contributed by atoms with Crippen LogP contribution in [0.15, 0.2) is 42.6 Å². The van der Waals surface area contributed by atoms with E-state index in [1.807, 2.05) is 11.0 Å². The van der Waals surface area contributed by atoms with E-state index in [2.05, 4.69) is 41.5 Å². The second kappa shape index (κ2) is 13.4. The number of benzene rings is 2. The van der Waals surface area contributed by atoms with Crippen LogP contribution < -0.4 is 14.9 Å². The van der Waals surface area contributed by atoms with Crippen molar-refractivity contribution >= 4 is 37.1 Å². The van der Waals surface area contributed by atoms with E-state index < -0.39 is 20.3 Å². The van der Waals surface area contributed by atoms with Gasteiger partial charge in [0.05, 0.1) is 18.7 Å². The molecule has 0 unspecified atom stereocenters. The van der Waals surface area contributed by atoms with E-state index in [0.29, 0.717) is 54.0 Å². The molecule has 0 radical (unpaired) electrons. The third-order valence-corrected chi connectivity index (χ3v) is 15.4. The Bertz CT molecular complexity index is 1600. The number of ether oxygens (including phenoxy) is 1. The molecule has 0 spiro atoms. The molecule has 2 N–H and O–H groups in total. The van der Waals surface area contributed by atoms with Gasteiger partial charge in [0.15, 0.2) is 0 Å². The molecule has 0 saturated carbocycles. The summed E-state index contributed by atoms with van der Waals surface area (Å²) >= 11 is 0. The summed E-state index contributed by atoms with van der Waals surface area (Å²) in [6.45, 7) is 15.4. The maximum absolute atomic E-state index is 14.4. The predicted octanol–water partition coefficient (Wildman–Crippen LogP) is 5.69. The lowest BCUT2D eigenvalue weighted by molar-refractivity contribution is -0.119. The van der Waals surface area contributed by atoms with E-state index in [1.165, 1.54) is 12.1 Å². The number of fused-ring (bicyclic) bond motifs is 2. The first-order valence-electron chi connectivity index (χ1n) is 16.0. The fraction of sp³-hybridized carbons (Fsp3) is 0.471. The zero-order valence-electron chi connectivity index (χ0n) is 27.5. The van der Waals surface area contributed by atoms with Crippen molar-refractivity contribution in [3.63, 3.8) is 0 Å². The van der Waals surface area contributed by atoms with Crippen LogP contribution in [0.1, 0.15) is 63.0 Å². The van der Waals surface area contributed by atoms with Gasteiger partial charge in [-0.3, -0.25) is 19.5 Å². The second-order valence-electron chi connectivity index (χ2n) is 13.2. The fourth-order valence-corrected chi connectivity index (χ4v) is 12.5. The smallest absolute Gasteiger partial charge is 0.415 e. The predicted molar refractivity (Wildman–Crippen MR) is 177 cm³/mol. The molecule has 5 rings (SSSR count). The summed E-state index contributed by atoms with van der Waals surface area (Å²) in [6, 6.07) is 9.70. The molecular weight excluding hydrogens is 605 g/mol. The number of nitrogens with zero attached hydrogens (tertiary/aromatic N) is 4. The largest absolute Gasteiger partial charge is 0.541 e. The molecule has 10 nitrogen and oxygen atoms in total. The van der Waals surface area contributed by atoms with Gasteiger partial charge in [-0.05, 0) is 46.5 Å². The molecule has 0 bridgehead atoms. The molecule has 46 heavy (non-hydrogen) atoms. The molecule has 0 aliphatic carbocycles. The molecule has 1 fully saturated rings. The minimum Gasteiger partial charge on any atom is -0.541 e. The number of hydrogen-bond acceptors (Lipinski definition) is 7. The van der Waals surface area contributed by atoms with Crippen LogP contribution in [-0.2, 0) is 17.9 Å². The lowest BCUT2D eigenvalue weighted by Gasteiger charge is -2.42. The topological polar surface area (TPSA) is 118 Å². The van der Waals surface area contributed by atoms with Gasteiger partial charge in [0.1, 0.15) is 22.8 Å². The van der Waals surface area contributed by atoms with Crippen molar-refractivity contribution < 1.29 is 27.9 Å². The quantitative estimate of drug-likeness (QED) is 0.281. The Labute approximate surface area is 270 Å². The molecular formula is C34H44FN5O5Si. The number of hydrogen-bond donors (Lipinski definition) is 1. The normalized spacial score (nSPS) is 15.7. The van der Waals surface area contributed by atoms with Crippen molar-refractivity contribution in [3.8, 4) is 11.5 Å². The summed E-state index contributed by atoms with van der Waals surface area (Å²) in [5.41, 5.74) is 8.25. The molecule has 12 heteroatoms. The van der Waals surface area contributed by atoms with Gasteiger partial charge in [0, 0.05) is 49.9 Å². The van der Waals surface area contributed by atoms with Crippen LogP contribution >= 0.6 is 0 Å². The highest BCUT2D eigenvalue weighted by molar-refractivity contribution is 6.78. The van der Waals surface area contributed by atoms with Crippen LogP contribution in [0.3, 0.4) is 0 Å². The van der Waals surface area contributed by atoms with Gasteiger partial charge < -0.3 is 24.7 Å². The summed E-state index contributed by atoms with van der Waals surface area (Å²) in [5.74, 6) is -0.286. The third-order valence-electron chi connectivity index (χ3n) is 9.39. The first-order chi connectivity index (χ1) is 21.8. The van der Waals surface area contributed by atoms with Crippen molar-refractivity contribution in [1.29, 1.82) is 0 Å². The van der Waals surface area contributed by atoms with E-state index in [4.69, 9.17) is 19.9 Å². The number of carbonyl (C=O) groups excluding carboxylic acids is 3. The number of nitrogens with two attached hydrogens (primary N) is 1. The van der Waals surface area contributed by atoms with Gasteiger partial charge in [-0.25, -0.2) is 9.18 Å². The Morgan fingerprint density at radius 1 is 0.957 bits per heavy atom. The van der Waals surface area contributed by atoms with Gasteiger partial charge in [-0.15, -0.1) is 0 Å². The Morgan fingerprint density at radius 3 is 2.17 bits per heavy atom. The molecule has 0 atom stereocenters. The first kappa shape index (κ1) is 33.3. The summed E-state index contributed by atoms with van der Waals surface area (Å²) in [4.78, 5) is 49.2. The number of halogens is 1. The molecule has 1 saturated heterocycles. The zero-order chi connectivity index (χ0) is 33.3. The molecule has 2 aromatic carbocycles. The van der Waals surface area contributed by atoms with Gasteiger partial charge in [-0.2, -0.15) is 0 Å². The standard InChI is InChI=1S/C34H44FN5O5Si/c1-21(2)46(22(3)4,23(5)6)45-32-29-27(19-40(33(29)42)18-24-9-11-25(35)12-10-24)31(26-8-7-13-37-30(26)32)44-34(43)39-16-14-38(15-17-39)20-28(36)41/h7-13,21-23H,14-20H2,1-6H3,(H2,36,41). The molecule has 3 aromatic rings. The van der Waals surface area contributed by atoms with Crippen LogP contribution in [0.2, 0.25) is 16.6 Å². The molecule has 246 valence electrons. The highest BCUT2D eigenvalue weighted by atomic mass is 28.4. The van der Waals surface area contributed by atoms with Gasteiger partial charge >= 0.3 is 6.09 Å². The number of carbonyl (C=O) groups is 3. The maximum Gasteiger partial charge on any atom is 0.415 e. The first-order valence-corrected chi connectivity index (χ1v) is 18.1. The second-order valence-corrected chi connectivity index (χ2v) is 18.6. The number of aromatic nitrogens is 1. The summed E-state index contributed by atoms with van der Waals surface area (Å²) in [7, 11) is -2.56. The third kappa shape index (κ3) is 6.32. The number of amides is 3. The number of pyridine rings is 1. The van der Waals surface area contributed by atoms with Crippen LogP contribution in [0.4, 0.5) is 9.18 Å². The summed E-state index contributed by atoms with van der Waals surface area (Å²) in [6.07, 6.45) is 1.11. The van der Waals surface area contributed by atoms with Crippen molar-refractivity contribution in [1.82, 2.24) is 19.7 Å². The monoisotopic (exact) mass is 649 g/mol. The van der Waals surface area contributed by atoms with Crippen LogP contribution in [0.25, 0.3) is 10.9 Å². The van der Waals surface area contributed by atoms with E-state index in [0.717, 1.165) is 5.56 Å². The van der Waals surface area contributed by atoms with Crippen molar-refractivity contribution in [2.24, 2.45) is 5.73 Å².